The molecule has 0 aliphatic carbocycles. The van der Waals surface area contributed by atoms with Crippen molar-refractivity contribution in [2.45, 2.75) is 19.9 Å². The lowest BCUT2D eigenvalue weighted by molar-refractivity contribution is -0.120. The summed E-state index contributed by atoms with van der Waals surface area (Å²) in [5.74, 6) is 1.27. The van der Waals surface area contributed by atoms with E-state index in [1.54, 1.807) is 25.1 Å². The third-order valence-corrected chi connectivity index (χ3v) is 5.57. The molecule has 0 radical (unpaired) electrons. The zero-order chi connectivity index (χ0) is 21.7. The first-order valence-electron chi connectivity index (χ1n) is 9.58. The molecule has 2 aromatic rings. The van der Waals surface area contributed by atoms with Crippen molar-refractivity contribution in [3.8, 4) is 17.2 Å². The number of nitrogens with one attached hydrogen (secondary N) is 1. The summed E-state index contributed by atoms with van der Waals surface area (Å²) in [5.41, 5.74) is 1.46. The maximum absolute atomic E-state index is 12.5. The fourth-order valence-electron chi connectivity index (χ4n) is 2.94. The Morgan fingerprint density at radius 3 is 2.47 bits per heavy atom. The molecule has 30 heavy (non-hydrogen) atoms. The third-order valence-electron chi connectivity index (χ3n) is 4.43. The van der Waals surface area contributed by atoms with Crippen molar-refractivity contribution in [2.24, 2.45) is 0 Å². The number of aryl methyl sites for hydroxylation is 1. The molecule has 0 saturated carbocycles. The second-order valence-electron chi connectivity index (χ2n) is 7.19. The molecule has 9 heteroatoms. The van der Waals surface area contributed by atoms with Crippen LogP contribution in [0.15, 0.2) is 42.5 Å². The lowest BCUT2D eigenvalue weighted by Gasteiger charge is -2.25. The highest BCUT2D eigenvalue weighted by atomic mass is 32.2. The first kappa shape index (κ1) is 21.8. The van der Waals surface area contributed by atoms with Crippen LogP contribution in [0.2, 0.25) is 0 Å². The van der Waals surface area contributed by atoms with Gasteiger partial charge in [-0.25, -0.2) is 8.42 Å². The Balaban J connectivity index is 1.62. The monoisotopic (exact) mass is 434 g/mol. The van der Waals surface area contributed by atoms with Crippen LogP contribution in [0, 0.1) is 6.92 Å². The molecule has 0 aromatic heterocycles. The van der Waals surface area contributed by atoms with E-state index >= 15 is 0 Å². The number of carbonyl (C=O) groups excluding carboxylic acids is 1. The van der Waals surface area contributed by atoms with E-state index in [-0.39, 0.29) is 19.2 Å². The number of hydrogen-bond donors (Lipinski definition) is 1. The molecular formula is C21H26N2O6S. The summed E-state index contributed by atoms with van der Waals surface area (Å²) in [5, 5.41) is 2.77. The Morgan fingerprint density at radius 2 is 1.80 bits per heavy atom. The molecule has 2 aromatic carbocycles. The first-order chi connectivity index (χ1) is 14.2. The molecule has 1 amide bonds. The molecule has 0 bridgehead atoms. The molecule has 1 aliphatic rings. The van der Waals surface area contributed by atoms with Crippen LogP contribution in [-0.4, -0.2) is 53.0 Å². The summed E-state index contributed by atoms with van der Waals surface area (Å²) in [4.78, 5) is 12.5. The Morgan fingerprint density at radius 1 is 1.13 bits per heavy atom. The minimum Gasteiger partial charge on any atom is -0.491 e. The zero-order valence-corrected chi connectivity index (χ0v) is 18.1. The van der Waals surface area contributed by atoms with Crippen LogP contribution in [-0.2, 0) is 14.8 Å². The number of sulfonamides is 1. The normalized spacial score (nSPS) is 14.0. The highest BCUT2D eigenvalue weighted by Crippen LogP contribution is 2.34. The number of amides is 1. The van der Waals surface area contributed by atoms with Crippen molar-refractivity contribution in [1.29, 1.82) is 0 Å². The lowest BCUT2D eigenvalue weighted by Crippen LogP contribution is -2.44. The van der Waals surface area contributed by atoms with E-state index in [1.807, 2.05) is 31.2 Å². The van der Waals surface area contributed by atoms with Crippen LogP contribution in [0.25, 0.3) is 0 Å². The summed E-state index contributed by atoms with van der Waals surface area (Å²) in [6.07, 6.45) is 1.06. The maximum Gasteiger partial charge on any atom is 0.241 e. The summed E-state index contributed by atoms with van der Waals surface area (Å²) >= 11 is 0. The van der Waals surface area contributed by atoms with Gasteiger partial charge in [-0.3, -0.25) is 9.10 Å². The smallest absolute Gasteiger partial charge is 0.241 e. The van der Waals surface area contributed by atoms with E-state index in [4.69, 9.17) is 14.2 Å². The molecule has 0 saturated heterocycles. The lowest BCUT2D eigenvalue weighted by atomic mass is 10.2. The van der Waals surface area contributed by atoms with Gasteiger partial charge < -0.3 is 19.5 Å². The van der Waals surface area contributed by atoms with Crippen molar-refractivity contribution >= 4 is 21.6 Å². The van der Waals surface area contributed by atoms with E-state index < -0.39 is 15.9 Å². The molecule has 1 aliphatic heterocycles. The molecule has 0 fully saturated rings. The number of carbonyl (C=O) groups is 1. The highest BCUT2D eigenvalue weighted by Gasteiger charge is 2.24. The average Bonchev–Trinajstić information content (AvgIpc) is 2.70. The van der Waals surface area contributed by atoms with E-state index in [9.17, 15) is 13.2 Å². The summed E-state index contributed by atoms with van der Waals surface area (Å²) in [7, 11) is -3.69. The number of nitrogens with zero attached hydrogens (tertiary/aromatic N) is 1. The van der Waals surface area contributed by atoms with E-state index in [2.05, 4.69) is 5.32 Å². The predicted molar refractivity (Wildman–Crippen MR) is 114 cm³/mol. The predicted octanol–water partition coefficient (Wildman–Crippen LogP) is 2.12. The molecule has 1 atom stereocenters. The fourth-order valence-corrected chi connectivity index (χ4v) is 3.78. The van der Waals surface area contributed by atoms with Crippen LogP contribution in [0.1, 0.15) is 12.5 Å². The van der Waals surface area contributed by atoms with Gasteiger partial charge in [-0.05, 0) is 38.1 Å². The molecule has 1 heterocycles. The molecule has 1 N–H and O–H groups in total. The fraction of sp³-hybridized carbons (Fsp3) is 0.381. The van der Waals surface area contributed by atoms with Gasteiger partial charge in [-0.1, -0.05) is 17.7 Å². The molecule has 8 nitrogen and oxygen atoms in total. The zero-order valence-electron chi connectivity index (χ0n) is 17.3. The van der Waals surface area contributed by atoms with Crippen LogP contribution in [0.3, 0.4) is 0 Å². The van der Waals surface area contributed by atoms with Crippen LogP contribution >= 0.6 is 0 Å². The molecular weight excluding hydrogens is 408 g/mol. The topological polar surface area (TPSA) is 94.2 Å². The highest BCUT2D eigenvalue weighted by molar-refractivity contribution is 7.92. The maximum atomic E-state index is 12.5. The molecule has 0 spiro atoms. The van der Waals surface area contributed by atoms with Gasteiger partial charge in [0, 0.05) is 6.07 Å². The van der Waals surface area contributed by atoms with Crippen LogP contribution in [0.5, 0.6) is 17.2 Å². The average molecular weight is 435 g/mol. The minimum atomic E-state index is -3.69. The summed E-state index contributed by atoms with van der Waals surface area (Å²) < 4.78 is 42.3. The van der Waals surface area contributed by atoms with Gasteiger partial charge in [0.15, 0.2) is 11.5 Å². The van der Waals surface area contributed by atoms with Gasteiger partial charge >= 0.3 is 0 Å². The van der Waals surface area contributed by atoms with Crippen molar-refractivity contribution in [2.75, 3.05) is 36.9 Å². The Hall–Kier alpha value is -2.94. The van der Waals surface area contributed by atoms with Crippen LogP contribution in [0.4, 0.5) is 5.69 Å². The van der Waals surface area contributed by atoms with Gasteiger partial charge in [0.1, 0.15) is 32.1 Å². The second-order valence-corrected chi connectivity index (χ2v) is 9.10. The Bertz CT molecular complexity index is 991. The van der Waals surface area contributed by atoms with Crippen molar-refractivity contribution in [1.82, 2.24) is 5.32 Å². The number of hydrogen-bond acceptors (Lipinski definition) is 6. The van der Waals surface area contributed by atoms with Crippen molar-refractivity contribution in [3.05, 3.63) is 48.0 Å². The summed E-state index contributed by atoms with van der Waals surface area (Å²) in [6, 6.07) is 12.1. The number of rotatable bonds is 8. The van der Waals surface area contributed by atoms with E-state index in [0.29, 0.717) is 36.1 Å². The second kappa shape index (κ2) is 9.25. The van der Waals surface area contributed by atoms with Gasteiger partial charge in [-0.2, -0.15) is 0 Å². The molecule has 162 valence electrons. The quantitative estimate of drug-likeness (QED) is 0.684. The van der Waals surface area contributed by atoms with Crippen molar-refractivity contribution < 1.29 is 27.4 Å². The Labute approximate surface area is 176 Å². The molecule has 3 rings (SSSR count). The third kappa shape index (κ3) is 5.79. The largest absolute Gasteiger partial charge is 0.491 e. The number of fused-ring (bicyclic) bond motifs is 1. The minimum absolute atomic E-state index is 0.262. The first-order valence-corrected chi connectivity index (χ1v) is 11.4. The van der Waals surface area contributed by atoms with E-state index in [1.165, 1.54) is 0 Å². The van der Waals surface area contributed by atoms with Crippen molar-refractivity contribution in [3.63, 3.8) is 0 Å². The van der Waals surface area contributed by atoms with Gasteiger partial charge in [0.25, 0.3) is 0 Å². The standard InChI is InChI=1S/C21H26N2O6S/c1-15-4-7-18(8-5-15)29-14-16(2)22-21(24)13-23(30(3,25)26)17-6-9-19-20(12-17)28-11-10-27-19/h4-9,12,16H,10-11,13-14H2,1-3H3,(H,22,24)/t16-/m0/s1. The SMILES string of the molecule is Cc1ccc(OC[C@H](C)NC(=O)CN(c2ccc3c(c2)OCCO3)S(C)(=O)=O)cc1. The van der Waals surface area contributed by atoms with E-state index in [0.717, 1.165) is 16.1 Å². The van der Waals surface area contributed by atoms with Gasteiger partial charge in [-0.15, -0.1) is 0 Å². The number of anilines is 1. The van der Waals surface area contributed by atoms with Gasteiger partial charge in [0.2, 0.25) is 15.9 Å². The summed E-state index contributed by atoms with van der Waals surface area (Å²) in [6.45, 7) is 4.51. The Kier molecular flexibility index (Phi) is 6.71. The van der Waals surface area contributed by atoms with Crippen LogP contribution < -0.4 is 23.8 Å². The number of ether oxygens (including phenoxy) is 3. The number of benzene rings is 2. The molecule has 0 unspecified atom stereocenters. The van der Waals surface area contributed by atoms with Gasteiger partial charge in [0.05, 0.1) is 18.0 Å².